The number of aromatic nitrogens is 2. The lowest BCUT2D eigenvalue weighted by Crippen LogP contribution is -2.44. The normalized spacial score (nSPS) is 10.9. The Kier molecular flexibility index (Phi) is 3.65. The van der Waals surface area contributed by atoms with Gasteiger partial charge in [-0.3, -0.25) is 0 Å². The molecule has 8 heteroatoms. The van der Waals surface area contributed by atoms with Crippen LogP contribution in [0.15, 0.2) is 29.4 Å². The Bertz CT molecular complexity index is 699. The molecule has 1 heterocycles. The molecule has 1 N–H and O–H groups in total. The van der Waals surface area contributed by atoms with Crippen LogP contribution in [0.1, 0.15) is 11.4 Å². The van der Waals surface area contributed by atoms with E-state index in [-0.39, 0.29) is 22.4 Å². The predicted molar refractivity (Wildman–Crippen MR) is 69.7 cm³/mol. The van der Waals surface area contributed by atoms with Crippen LogP contribution in [0.4, 0.5) is 4.79 Å². The first-order valence-corrected chi connectivity index (χ1v) is 5.67. The summed E-state index contributed by atoms with van der Waals surface area (Å²) in [5.41, 5.74) is 2.74. The number of fused-ring (bicyclic) bond motifs is 1. The molecular weight excluding hydrogens is 264 g/mol. The second-order valence-corrected chi connectivity index (χ2v) is 3.91. The molecule has 0 fully saturated rings. The Morgan fingerprint density at radius 1 is 1.30 bits per heavy atom. The van der Waals surface area contributed by atoms with E-state index in [1.807, 2.05) is 5.43 Å². The highest BCUT2D eigenvalue weighted by Crippen LogP contribution is 2.07. The van der Waals surface area contributed by atoms with E-state index >= 15 is 0 Å². The third-order valence-corrected chi connectivity index (χ3v) is 2.74. The van der Waals surface area contributed by atoms with Crippen molar-refractivity contribution in [1.29, 1.82) is 0 Å². The molecular formula is C12H12N4O4. The Morgan fingerprint density at radius 2 is 1.90 bits per heavy atom. The number of hydrogen-bond acceptors (Lipinski definition) is 5. The van der Waals surface area contributed by atoms with Crippen LogP contribution in [-0.2, 0) is 4.74 Å². The molecule has 0 spiro atoms. The molecule has 1 aromatic carbocycles. The molecule has 0 atom stereocenters. The summed E-state index contributed by atoms with van der Waals surface area (Å²) in [6, 6.07) is 6.40. The minimum absolute atomic E-state index is 0.0371. The number of hydrazone groups is 1. The summed E-state index contributed by atoms with van der Waals surface area (Å²) in [4.78, 5) is 10.9. The predicted octanol–water partition coefficient (Wildman–Crippen LogP) is 0.105. The molecule has 8 nitrogen and oxygen atoms in total. The zero-order valence-electron chi connectivity index (χ0n) is 10.9. The number of hydrogen-bond donors (Lipinski definition) is 1. The Labute approximate surface area is 114 Å². The van der Waals surface area contributed by atoms with Crippen molar-refractivity contribution in [3.63, 3.8) is 0 Å². The van der Waals surface area contributed by atoms with E-state index in [4.69, 9.17) is 0 Å². The van der Waals surface area contributed by atoms with Crippen molar-refractivity contribution in [3.05, 3.63) is 46.1 Å². The zero-order chi connectivity index (χ0) is 14.7. The third-order valence-electron chi connectivity index (χ3n) is 2.74. The molecule has 0 aliphatic rings. The van der Waals surface area contributed by atoms with E-state index in [1.165, 1.54) is 20.1 Å². The van der Waals surface area contributed by atoms with Crippen molar-refractivity contribution in [3.8, 4) is 0 Å². The minimum Gasteiger partial charge on any atom is -0.618 e. The molecule has 0 unspecified atom stereocenters. The van der Waals surface area contributed by atoms with Crippen LogP contribution in [0, 0.1) is 17.3 Å². The van der Waals surface area contributed by atoms with Crippen LogP contribution < -0.4 is 14.9 Å². The van der Waals surface area contributed by atoms with E-state index in [0.29, 0.717) is 9.46 Å². The first kappa shape index (κ1) is 13.5. The van der Waals surface area contributed by atoms with Crippen LogP contribution >= 0.6 is 0 Å². The summed E-state index contributed by atoms with van der Waals surface area (Å²) in [6.45, 7) is 1.49. The molecule has 1 amide bonds. The fourth-order valence-electron chi connectivity index (χ4n) is 1.71. The fraction of sp³-hybridized carbons (Fsp3) is 0.167. The lowest BCUT2D eigenvalue weighted by Gasteiger charge is -2.08. The maximum Gasteiger partial charge on any atom is 0.427 e. The number of carbonyl (C=O) groups is 1. The van der Waals surface area contributed by atoms with Crippen LogP contribution in [-0.4, -0.2) is 19.4 Å². The van der Waals surface area contributed by atoms with Gasteiger partial charge in [0.2, 0.25) is 0 Å². The van der Waals surface area contributed by atoms with Gasteiger partial charge in [-0.05, 0) is 0 Å². The van der Waals surface area contributed by atoms with Crippen molar-refractivity contribution < 1.29 is 19.0 Å². The van der Waals surface area contributed by atoms with Gasteiger partial charge < -0.3 is 15.2 Å². The maximum absolute atomic E-state index is 12.2. The van der Waals surface area contributed by atoms with E-state index < -0.39 is 6.09 Å². The molecule has 104 valence electrons. The first-order chi connectivity index (χ1) is 9.56. The molecule has 2 rings (SSSR count). The molecule has 2 aromatic rings. The SMILES string of the molecule is COC(=O)N/N=C/c1c(C)[n+]([O-])c2ccccc2[n+]1[O-]. The Balaban J connectivity index is 2.51. The van der Waals surface area contributed by atoms with E-state index in [9.17, 15) is 15.2 Å². The van der Waals surface area contributed by atoms with E-state index in [2.05, 4.69) is 9.84 Å². The van der Waals surface area contributed by atoms with Crippen LogP contribution in [0.25, 0.3) is 11.0 Å². The smallest absolute Gasteiger partial charge is 0.427 e. The minimum atomic E-state index is -0.771. The number of rotatable bonds is 2. The van der Waals surface area contributed by atoms with Gasteiger partial charge in [0.25, 0.3) is 16.7 Å². The molecule has 0 aliphatic heterocycles. The summed E-state index contributed by atoms with van der Waals surface area (Å²) in [6.07, 6.45) is 0.326. The van der Waals surface area contributed by atoms with Gasteiger partial charge in [-0.25, -0.2) is 10.2 Å². The highest BCUT2D eigenvalue weighted by atomic mass is 16.5. The number of para-hydroxylation sites is 2. The van der Waals surface area contributed by atoms with Crippen LogP contribution in [0.5, 0.6) is 0 Å². The van der Waals surface area contributed by atoms with Crippen molar-refractivity contribution in [1.82, 2.24) is 5.43 Å². The number of nitrogens with one attached hydrogen (secondary N) is 1. The van der Waals surface area contributed by atoms with E-state index in [1.54, 1.807) is 18.2 Å². The van der Waals surface area contributed by atoms with Crippen molar-refractivity contribution in [2.45, 2.75) is 6.92 Å². The Hall–Kier alpha value is -2.90. The summed E-state index contributed by atoms with van der Waals surface area (Å²) in [5, 5.41) is 27.8. The Morgan fingerprint density at radius 3 is 2.50 bits per heavy atom. The molecule has 0 saturated carbocycles. The van der Waals surface area contributed by atoms with Gasteiger partial charge in [0.05, 0.1) is 7.11 Å². The molecule has 1 aromatic heterocycles. The molecule has 0 radical (unpaired) electrons. The standard InChI is InChI=1S/C12H12N4O4/c1-8-11(7-13-14-12(17)20-2)16(19)10-6-4-3-5-9(10)15(8)18/h3-7H,1-2H3,(H,14,17)/b13-7+. The van der Waals surface area contributed by atoms with Crippen LogP contribution in [0.3, 0.4) is 0 Å². The van der Waals surface area contributed by atoms with Gasteiger partial charge >= 0.3 is 11.8 Å². The average Bonchev–Trinajstić information content (AvgIpc) is 2.48. The van der Waals surface area contributed by atoms with Crippen molar-refractivity contribution in [2.24, 2.45) is 5.10 Å². The second-order valence-electron chi connectivity index (χ2n) is 3.91. The lowest BCUT2D eigenvalue weighted by atomic mass is 10.2. The molecule has 0 bridgehead atoms. The summed E-state index contributed by atoms with van der Waals surface area (Å²) in [7, 11) is 1.19. The number of nitrogens with zero attached hydrogens (tertiary/aromatic N) is 3. The van der Waals surface area contributed by atoms with Gasteiger partial charge in [0.1, 0.15) is 6.21 Å². The largest absolute Gasteiger partial charge is 0.618 e. The number of ether oxygens (including phenoxy) is 1. The quantitative estimate of drug-likeness (QED) is 0.363. The molecule has 0 saturated heterocycles. The summed E-state index contributed by atoms with van der Waals surface area (Å²) in [5.74, 6) is 0. The van der Waals surface area contributed by atoms with Crippen molar-refractivity contribution in [2.75, 3.05) is 7.11 Å². The van der Waals surface area contributed by atoms with Gasteiger partial charge in [0.15, 0.2) is 0 Å². The summed E-state index contributed by atoms with van der Waals surface area (Å²) >= 11 is 0. The van der Waals surface area contributed by atoms with Gasteiger partial charge in [-0.15, -0.1) is 0 Å². The molecule has 0 aliphatic carbocycles. The lowest BCUT2D eigenvalue weighted by molar-refractivity contribution is -0.634. The number of benzene rings is 1. The summed E-state index contributed by atoms with van der Waals surface area (Å²) < 4.78 is 5.55. The average molecular weight is 276 g/mol. The van der Waals surface area contributed by atoms with Gasteiger partial charge in [-0.1, -0.05) is 12.1 Å². The third kappa shape index (κ3) is 2.30. The first-order valence-electron chi connectivity index (χ1n) is 5.67. The number of amides is 1. The molecule has 20 heavy (non-hydrogen) atoms. The highest BCUT2D eigenvalue weighted by Gasteiger charge is 2.23. The zero-order valence-corrected chi connectivity index (χ0v) is 10.9. The monoisotopic (exact) mass is 276 g/mol. The number of carbonyl (C=O) groups excluding carboxylic acids is 1. The van der Waals surface area contributed by atoms with Gasteiger partial charge in [-0.2, -0.15) is 14.6 Å². The van der Waals surface area contributed by atoms with E-state index in [0.717, 1.165) is 6.21 Å². The fourth-order valence-corrected chi connectivity index (χ4v) is 1.71. The maximum atomic E-state index is 12.2. The van der Waals surface area contributed by atoms with Crippen molar-refractivity contribution >= 4 is 23.3 Å². The van der Waals surface area contributed by atoms with Gasteiger partial charge in [0, 0.05) is 19.1 Å². The topological polar surface area (TPSA) is 105 Å². The highest BCUT2D eigenvalue weighted by molar-refractivity contribution is 5.79. The number of methoxy groups -OCH3 is 1. The second kappa shape index (κ2) is 5.39. The van der Waals surface area contributed by atoms with Crippen LogP contribution in [0.2, 0.25) is 0 Å².